The first-order valence-electron chi connectivity index (χ1n) is 4.88. The number of esters is 1. The molecule has 0 aromatic carbocycles. The van der Waals surface area contributed by atoms with Crippen molar-refractivity contribution in [2.45, 2.75) is 33.1 Å². The highest BCUT2D eigenvalue weighted by Gasteiger charge is 2.19. The average molecular weight is 214 g/mol. The maximum absolute atomic E-state index is 10.7. The zero-order valence-electron chi connectivity index (χ0n) is 9.28. The third-order valence-corrected chi connectivity index (χ3v) is 2.21. The van der Waals surface area contributed by atoms with Gasteiger partial charge in [-0.2, -0.15) is 0 Å². The number of hydrogen-bond donors (Lipinski definition) is 1. The van der Waals surface area contributed by atoms with Gasteiger partial charge in [0.25, 0.3) is 0 Å². The fourth-order valence-electron chi connectivity index (χ4n) is 1.06. The highest BCUT2D eigenvalue weighted by Crippen LogP contribution is 2.26. The van der Waals surface area contributed by atoms with E-state index in [0.29, 0.717) is 19.4 Å². The van der Waals surface area contributed by atoms with Gasteiger partial charge in [-0.1, -0.05) is 20.4 Å². The molecule has 0 aromatic rings. The van der Waals surface area contributed by atoms with E-state index in [-0.39, 0.29) is 11.8 Å². The molecule has 0 atom stereocenters. The molecule has 0 aromatic heterocycles. The molecule has 0 aliphatic rings. The molecule has 1 N–H and O–H groups in total. The molecule has 0 aliphatic carbocycles. The van der Waals surface area contributed by atoms with Crippen molar-refractivity contribution in [2.75, 3.05) is 6.61 Å². The minimum Gasteiger partial charge on any atom is -0.481 e. The van der Waals surface area contributed by atoms with E-state index in [9.17, 15) is 9.59 Å². The number of aliphatic carboxylic acids is 1. The van der Waals surface area contributed by atoms with Crippen LogP contribution in [0, 0.1) is 5.41 Å². The van der Waals surface area contributed by atoms with Crippen LogP contribution in [0.4, 0.5) is 0 Å². The number of carbonyl (C=O) groups excluding carboxylic acids is 1. The molecular weight excluding hydrogens is 196 g/mol. The van der Waals surface area contributed by atoms with Crippen LogP contribution in [0.5, 0.6) is 0 Å². The quantitative estimate of drug-likeness (QED) is 0.520. The molecule has 0 radical (unpaired) electrons. The third-order valence-electron chi connectivity index (χ3n) is 2.21. The number of carboxylic acids is 1. The summed E-state index contributed by atoms with van der Waals surface area (Å²) in [5.74, 6) is -1.24. The maximum atomic E-state index is 10.7. The molecule has 4 nitrogen and oxygen atoms in total. The summed E-state index contributed by atoms with van der Waals surface area (Å²) in [4.78, 5) is 21.1. The van der Waals surface area contributed by atoms with E-state index in [0.717, 1.165) is 6.08 Å². The Hall–Kier alpha value is -1.32. The molecule has 0 heterocycles. The zero-order valence-corrected chi connectivity index (χ0v) is 9.28. The summed E-state index contributed by atoms with van der Waals surface area (Å²) < 4.78 is 4.83. The van der Waals surface area contributed by atoms with Gasteiger partial charge in [0, 0.05) is 12.5 Å². The minimum absolute atomic E-state index is 0.125. The minimum atomic E-state index is -0.800. The first-order chi connectivity index (χ1) is 6.87. The molecule has 0 spiro atoms. The third kappa shape index (κ3) is 7.73. The molecule has 0 aliphatic heterocycles. The average Bonchev–Trinajstić information content (AvgIpc) is 2.14. The molecule has 0 saturated heterocycles. The predicted molar refractivity (Wildman–Crippen MR) is 56.4 cm³/mol. The van der Waals surface area contributed by atoms with E-state index < -0.39 is 11.9 Å². The van der Waals surface area contributed by atoms with Gasteiger partial charge in [-0.05, 0) is 18.3 Å². The number of carboxylic acid groups (broad SMARTS) is 1. The van der Waals surface area contributed by atoms with E-state index in [2.05, 4.69) is 6.58 Å². The van der Waals surface area contributed by atoms with E-state index in [4.69, 9.17) is 9.84 Å². The highest BCUT2D eigenvalue weighted by atomic mass is 16.5. The van der Waals surface area contributed by atoms with Gasteiger partial charge < -0.3 is 9.84 Å². The van der Waals surface area contributed by atoms with Crippen LogP contribution in [-0.2, 0) is 14.3 Å². The summed E-state index contributed by atoms with van der Waals surface area (Å²) in [5, 5.41) is 8.53. The van der Waals surface area contributed by atoms with Crippen LogP contribution in [-0.4, -0.2) is 23.7 Å². The molecule has 4 heteroatoms. The lowest BCUT2D eigenvalue weighted by Crippen LogP contribution is -2.17. The van der Waals surface area contributed by atoms with Crippen molar-refractivity contribution < 1.29 is 19.4 Å². The van der Waals surface area contributed by atoms with Crippen molar-refractivity contribution >= 4 is 11.9 Å². The summed E-state index contributed by atoms with van der Waals surface area (Å²) in [6, 6.07) is 0. The van der Waals surface area contributed by atoms with Crippen molar-refractivity contribution in [1.82, 2.24) is 0 Å². The largest absolute Gasteiger partial charge is 0.481 e. The second kappa shape index (κ2) is 6.22. The van der Waals surface area contributed by atoms with Gasteiger partial charge in [-0.25, -0.2) is 4.79 Å². The Kier molecular flexibility index (Phi) is 5.67. The Morgan fingerprint density at radius 3 is 2.47 bits per heavy atom. The zero-order chi connectivity index (χ0) is 11.9. The van der Waals surface area contributed by atoms with E-state index in [1.807, 2.05) is 13.8 Å². The van der Waals surface area contributed by atoms with E-state index in [1.165, 1.54) is 0 Å². The van der Waals surface area contributed by atoms with Crippen LogP contribution in [0.15, 0.2) is 12.7 Å². The van der Waals surface area contributed by atoms with Gasteiger partial charge in [-0.15, -0.1) is 0 Å². The van der Waals surface area contributed by atoms with E-state index >= 15 is 0 Å². The van der Waals surface area contributed by atoms with Crippen LogP contribution in [0.3, 0.4) is 0 Å². The van der Waals surface area contributed by atoms with Crippen LogP contribution >= 0.6 is 0 Å². The van der Waals surface area contributed by atoms with Crippen LogP contribution in [0.1, 0.15) is 33.1 Å². The molecule has 0 unspecified atom stereocenters. The summed E-state index contributed by atoms with van der Waals surface area (Å²) in [5.41, 5.74) is -0.125. The maximum Gasteiger partial charge on any atom is 0.330 e. The Morgan fingerprint density at radius 2 is 2.00 bits per heavy atom. The lowest BCUT2D eigenvalue weighted by atomic mass is 9.85. The SMILES string of the molecule is C=CC(=O)OCCC(C)(C)CCC(=O)O. The fraction of sp³-hybridized carbons (Fsp3) is 0.636. The second-order valence-electron chi connectivity index (χ2n) is 4.18. The molecule has 0 fully saturated rings. The van der Waals surface area contributed by atoms with Gasteiger partial charge in [0.1, 0.15) is 0 Å². The molecule has 86 valence electrons. The summed E-state index contributed by atoms with van der Waals surface area (Å²) in [6.45, 7) is 7.50. The van der Waals surface area contributed by atoms with Crippen molar-refractivity contribution in [2.24, 2.45) is 5.41 Å². The van der Waals surface area contributed by atoms with Gasteiger partial charge in [0.05, 0.1) is 6.61 Å². The van der Waals surface area contributed by atoms with Gasteiger partial charge in [-0.3, -0.25) is 4.79 Å². The lowest BCUT2D eigenvalue weighted by molar-refractivity contribution is -0.140. The molecule has 0 rings (SSSR count). The lowest BCUT2D eigenvalue weighted by Gasteiger charge is -2.23. The number of rotatable bonds is 7. The summed E-state index contributed by atoms with van der Waals surface area (Å²) in [6.07, 6.45) is 2.49. The van der Waals surface area contributed by atoms with Crippen molar-refractivity contribution in [3.05, 3.63) is 12.7 Å². The monoisotopic (exact) mass is 214 g/mol. The van der Waals surface area contributed by atoms with Gasteiger partial charge in [0.2, 0.25) is 0 Å². The summed E-state index contributed by atoms with van der Waals surface area (Å²) >= 11 is 0. The molecule has 15 heavy (non-hydrogen) atoms. The van der Waals surface area contributed by atoms with Crippen LogP contribution in [0.25, 0.3) is 0 Å². The fourth-order valence-corrected chi connectivity index (χ4v) is 1.06. The van der Waals surface area contributed by atoms with Crippen LogP contribution in [0.2, 0.25) is 0 Å². The molecule has 0 amide bonds. The molecule has 0 bridgehead atoms. The second-order valence-corrected chi connectivity index (χ2v) is 4.18. The van der Waals surface area contributed by atoms with Gasteiger partial charge in [0.15, 0.2) is 0 Å². The highest BCUT2D eigenvalue weighted by molar-refractivity contribution is 5.81. The Morgan fingerprint density at radius 1 is 1.40 bits per heavy atom. The molecule has 0 saturated carbocycles. The van der Waals surface area contributed by atoms with Crippen LogP contribution < -0.4 is 0 Å². The van der Waals surface area contributed by atoms with Gasteiger partial charge >= 0.3 is 11.9 Å². The van der Waals surface area contributed by atoms with Crippen molar-refractivity contribution in [1.29, 1.82) is 0 Å². The van der Waals surface area contributed by atoms with Crippen molar-refractivity contribution in [3.63, 3.8) is 0 Å². The van der Waals surface area contributed by atoms with Crippen molar-refractivity contribution in [3.8, 4) is 0 Å². The summed E-state index contributed by atoms with van der Waals surface area (Å²) in [7, 11) is 0. The first-order valence-corrected chi connectivity index (χ1v) is 4.88. The first kappa shape index (κ1) is 13.7. The molecular formula is C11H18O4. The predicted octanol–water partition coefficient (Wildman–Crippen LogP) is 2.00. The number of hydrogen-bond acceptors (Lipinski definition) is 3. The topological polar surface area (TPSA) is 63.6 Å². The van der Waals surface area contributed by atoms with E-state index in [1.54, 1.807) is 0 Å². The normalized spacial score (nSPS) is 10.8. The Balaban J connectivity index is 3.77. The Bertz CT molecular complexity index is 243. The standard InChI is InChI=1S/C11H18O4/c1-4-10(14)15-8-7-11(2,3)6-5-9(12)13/h4H,1,5-8H2,2-3H3,(H,12,13). The number of ether oxygens (including phenoxy) is 1. The number of carbonyl (C=O) groups is 2. The Labute approximate surface area is 89.9 Å². The smallest absolute Gasteiger partial charge is 0.330 e.